The molecule has 0 heterocycles. The number of hydrogen-bond donors (Lipinski definition) is 0. The Morgan fingerprint density at radius 1 is 1.25 bits per heavy atom. The molecule has 0 bridgehead atoms. The molecule has 1 aromatic carbocycles. The van der Waals surface area contributed by atoms with Gasteiger partial charge in [-0.3, -0.25) is 9.53 Å². The van der Waals surface area contributed by atoms with Gasteiger partial charge in [0.15, 0.2) is 10.8 Å². The first-order chi connectivity index (χ1) is 9.29. The van der Waals surface area contributed by atoms with Crippen LogP contribution in [-0.4, -0.2) is 17.2 Å². The fourth-order valence-corrected chi connectivity index (χ4v) is 2.02. The summed E-state index contributed by atoms with van der Waals surface area (Å²) in [6.07, 6.45) is -1.44. The lowest BCUT2D eigenvalue weighted by atomic mass is 9.97. The highest BCUT2D eigenvalue weighted by Gasteiger charge is 2.41. The molecular weight excluding hydrogens is 293 g/mol. The maximum atomic E-state index is 12.2. The van der Waals surface area contributed by atoms with Crippen LogP contribution >= 0.6 is 11.6 Å². The molecule has 0 saturated heterocycles. The van der Waals surface area contributed by atoms with Crippen LogP contribution in [0.1, 0.15) is 16.8 Å². The van der Waals surface area contributed by atoms with Gasteiger partial charge in [0.05, 0.1) is 0 Å². The molecule has 6 heteroatoms. The number of carbonyl (C=O) groups is 1. The minimum Gasteiger partial charge on any atom is -0.289 e. The van der Waals surface area contributed by atoms with Crippen molar-refractivity contribution in [1.29, 1.82) is 0 Å². The van der Waals surface area contributed by atoms with Gasteiger partial charge in [0.2, 0.25) is 0 Å². The molecule has 0 aromatic heterocycles. The quantitative estimate of drug-likeness (QED) is 0.617. The Labute approximate surface area is 118 Å². The summed E-state index contributed by atoms with van der Waals surface area (Å²) in [5.74, 6) is -0.271. The molecule has 0 radical (unpaired) electrons. The van der Waals surface area contributed by atoms with E-state index in [0.717, 1.165) is 6.08 Å². The highest BCUT2D eigenvalue weighted by atomic mass is 35.5. The summed E-state index contributed by atoms with van der Waals surface area (Å²) in [4.78, 5) is 12.1. The van der Waals surface area contributed by atoms with Gasteiger partial charge in [0.25, 0.3) is 0 Å². The van der Waals surface area contributed by atoms with Crippen molar-refractivity contribution in [2.45, 2.75) is 17.8 Å². The first kappa shape index (κ1) is 14.8. The number of alkyl halides is 4. The molecule has 1 aliphatic rings. The zero-order valence-electron chi connectivity index (χ0n) is 10.2. The molecule has 1 aromatic rings. The first-order valence-electron chi connectivity index (χ1n) is 5.74. The Hall–Kier alpha value is -1.59. The average molecular weight is 303 g/mol. The zero-order valence-corrected chi connectivity index (χ0v) is 10.9. The lowest BCUT2D eigenvalue weighted by molar-refractivity contribution is -0.344. The molecule has 0 amide bonds. The summed E-state index contributed by atoms with van der Waals surface area (Å²) in [5.41, 5.74) is 0.750. The van der Waals surface area contributed by atoms with E-state index in [-0.39, 0.29) is 12.2 Å². The van der Waals surface area contributed by atoms with E-state index in [2.05, 4.69) is 4.74 Å². The van der Waals surface area contributed by atoms with Crippen LogP contribution in [0, 0.1) is 0 Å². The first-order valence-corrected chi connectivity index (χ1v) is 6.12. The molecule has 2 rings (SSSR count). The van der Waals surface area contributed by atoms with E-state index in [1.165, 1.54) is 12.2 Å². The number of carbonyl (C=O) groups excluding carboxylic acids is 1. The average Bonchev–Trinajstić information content (AvgIpc) is 2.37. The summed E-state index contributed by atoms with van der Waals surface area (Å²) in [6.45, 7) is 0. The van der Waals surface area contributed by atoms with E-state index in [1.807, 2.05) is 0 Å². The van der Waals surface area contributed by atoms with Crippen LogP contribution in [0.15, 0.2) is 54.1 Å². The monoisotopic (exact) mass is 302 g/mol. The molecule has 20 heavy (non-hydrogen) atoms. The molecule has 0 fully saturated rings. The predicted octanol–water partition coefficient (Wildman–Crippen LogP) is 4.23. The van der Waals surface area contributed by atoms with Crippen LogP contribution in [0.2, 0.25) is 0 Å². The number of hydrogen-bond acceptors (Lipinski definition) is 2. The van der Waals surface area contributed by atoms with Gasteiger partial charge in [-0.1, -0.05) is 54.1 Å². The van der Waals surface area contributed by atoms with E-state index < -0.39 is 11.4 Å². The minimum absolute atomic E-state index is 0.238. The number of allylic oxidation sites excluding steroid dienone is 2. The van der Waals surface area contributed by atoms with Crippen molar-refractivity contribution in [3.63, 3.8) is 0 Å². The largest absolute Gasteiger partial charge is 0.524 e. The topological polar surface area (TPSA) is 26.3 Å². The second kappa shape index (κ2) is 5.42. The molecule has 1 atom stereocenters. The highest BCUT2D eigenvalue weighted by molar-refractivity contribution is 6.24. The summed E-state index contributed by atoms with van der Waals surface area (Å²) in [6, 6.07) is 8.44. The van der Waals surface area contributed by atoms with Gasteiger partial charge in [0.1, 0.15) is 0 Å². The van der Waals surface area contributed by atoms with Crippen LogP contribution in [0.5, 0.6) is 0 Å². The lowest BCUT2D eigenvalue weighted by Gasteiger charge is -2.26. The van der Waals surface area contributed by atoms with Crippen molar-refractivity contribution in [2.24, 2.45) is 0 Å². The zero-order chi connectivity index (χ0) is 14.8. The fourth-order valence-electron chi connectivity index (χ4n) is 1.79. The molecule has 0 spiro atoms. The number of halogens is 4. The van der Waals surface area contributed by atoms with E-state index in [0.29, 0.717) is 11.1 Å². The summed E-state index contributed by atoms with van der Waals surface area (Å²) in [7, 11) is 0. The second-order valence-corrected chi connectivity index (χ2v) is 4.87. The molecule has 0 aliphatic heterocycles. The Morgan fingerprint density at radius 2 is 1.90 bits per heavy atom. The number of benzene rings is 1. The molecule has 0 N–H and O–H groups in total. The van der Waals surface area contributed by atoms with Crippen molar-refractivity contribution >= 4 is 17.4 Å². The van der Waals surface area contributed by atoms with E-state index in [1.54, 1.807) is 30.3 Å². The maximum absolute atomic E-state index is 12.2. The van der Waals surface area contributed by atoms with Crippen LogP contribution in [0.4, 0.5) is 13.2 Å². The van der Waals surface area contributed by atoms with Crippen molar-refractivity contribution in [3.8, 4) is 0 Å². The Kier molecular flexibility index (Phi) is 4.01. The third kappa shape index (κ3) is 3.71. The van der Waals surface area contributed by atoms with Crippen molar-refractivity contribution in [1.82, 2.24) is 0 Å². The van der Waals surface area contributed by atoms with Gasteiger partial charge in [-0.05, 0) is 6.08 Å². The summed E-state index contributed by atoms with van der Waals surface area (Å²) >= 11 is 5.69. The van der Waals surface area contributed by atoms with Gasteiger partial charge >= 0.3 is 6.36 Å². The minimum atomic E-state index is -4.83. The van der Waals surface area contributed by atoms with Crippen LogP contribution in [-0.2, 0) is 4.74 Å². The standard InChI is InChI=1S/C14H10ClF3O2/c15-13(20-14(16,17)18)8-6-11(7-9-13)12(19)10-4-2-1-3-5-10/h1-8H,9H2. The van der Waals surface area contributed by atoms with Crippen LogP contribution in [0.3, 0.4) is 0 Å². The third-order valence-electron chi connectivity index (χ3n) is 2.70. The molecular formula is C14H10ClF3O2. The third-order valence-corrected chi connectivity index (χ3v) is 3.05. The maximum Gasteiger partial charge on any atom is 0.524 e. The van der Waals surface area contributed by atoms with E-state index in [9.17, 15) is 18.0 Å². The number of ether oxygens (including phenoxy) is 1. The van der Waals surface area contributed by atoms with Crippen molar-refractivity contribution < 1.29 is 22.7 Å². The number of Topliss-reactive ketones (excluding diaryl/α,β-unsaturated/α-hetero) is 1. The second-order valence-electron chi connectivity index (χ2n) is 4.23. The van der Waals surface area contributed by atoms with Crippen molar-refractivity contribution in [3.05, 3.63) is 59.7 Å². The Morgan fingerprint density at radius 3 is 2.40 bits per heavy atom. The highest BCUT2D eigenvalue weighted by Crippen LogP contribution is 2.36. The smallest absolute Gasteiger partial charge is 0.289 e. The predicted molar refractivity (Wildman–Crippen MR) is 68.3 cm³/mol. The fraction of sp³-hybridized carbons (Fsp3) is 0.214. The lowest BCUT2D eigenvalue weighted by Crippen LogP contribution is -2.32. The Bertz CT molecular complexity index is 564. The number of rotatable bonds is 3. The van der Waals surface area contributed by atoms with Crippen LogP contribution in [0.25, 0.3) is 0 Å². The van der Waals surface area contributed by atoms with E-state index in [4.69, 9.17) is 11.6 Å². The normalized spacial score (nSPS) is 22.5. The molecule has 1 aliphatic carbocycles. The van der Waals surface area contributed by atoms with Gasteiger partial charge in [-0.2, -0.15) is 0 Å². The number of ketones is 1. The molecule has 2 nitrogen and oxygen atoms in total. The Balaban J connectivity index is 2.11. The van der Waals surface area contributed by atoms with Gasteiger partial charge < -0.3 is 0 Å². The molecule has 0 saturated carbocycles. The molecule has 106 valence electrons. The van der Waals surface area contributed by atoms with Gasteiger partial charge in [-0.25, -0.2) is 0 Å². The SMILES string of the molecule is O=C(C1=CCC(Cl)(OC(F)(F)F)C=C1)c1ccccc1. The van der Waals surface area contributed by atoms with Gasteiger partial charge in [0, 0.05) is 17.6 Å². The summed E-state index contributed by atoms with van der Waals surface area (Å²) < 4.78 is 40.4. The molecule has 1 unspecified atom stereocenters. The van der Waals surface area contributed by atoms with Crippen molar-refractivity contribution in [2.75, 3.05) is 0 Å². The van der Waals surface area contributed by atoms with Crippen LogP contribution < -0.4 is 0 Å². The summed E-state index contributed by atoms with van der Waals surface area (Å²) in [5, 5.41) is -1.99. The van der Waals surface area contributed by atoms with E-state index >= 15 is 0 Å². The van der Waals surface area contributed by atoms with Gasteiger partial charge in [-0.15, -0.1) is 13.2 Å².